The van der Waals surface area contributed by atoms with Crippen molar-refractivity contribution in [3.63, 3.8) is 0 Å². The molecule has 0 bridgehead atoms. The molecule has 1 amide bonds. The first-order valence-electron chi connectivity index (χ1n) is 6.20. The molecule has 1 heterocycles. The van der Waals surface area contributed by atoms with Crippen LogP contribution in [0.25, 0.3) is 10.8 Å². The third kappa shape index (κ3) is 2.29. The van der Waals surface area contributed by atoms with Gasteiger partial charge in [0.15, 0.2) is 5.78 Å². The third-order valence-electron chi connectivity index (χ3n) is 3.23. The lowest BCUT2D eigenvalue weighted by molar-refractivity contribution is -0.116. The Morgan fingerprint density at radius 1 is 1.11 bits per heavy atom. The number of benzene rings is 2. The SMILES string of the molecule is O=C1CCN(C(=O)Oc2cccc3ccccc23)C1. The molecular formula is C15H13NO3. The van der Waals surface area contributed by atoms with Gasteiger partial charge in [0.1, 0.15) is 5.75 Å². The maximum absolute atomic E-state index is 12.0. The van der Waals surface area contributed by atoms with Gasteiger partial charge in [0.05, 0.1) is 6.54 Å². The zero-order valence-corrected chi connectivity index (χ0v) is 10.3. The molecule has 0 aromatic heterocycles. The highest BCUT2D eigenvalue weighted by atomic mass is 16.6. The number of ketones is 1. The molecule has 0 aliphatic carbocycles. The van der Waals surface area contributed by atoms with Gasteiger partial charge in [-0.3, -0.25) is 4.79 Å². The Bertz CT molecular complexity index is 645. The Kier molecular flexibility index (Phi) is 2.91. The van der Waals surface area contributed by atoms with E-state index in [1.165, 1.54) is 4.90 Å². The number of carbonyl (C=O) groups excluding carboxylic acids is 2. The zero-order valence-electron chi connectivity index (χ0n) is 10.3. The highest BCUT2D eigenvalue weighted by Gasteiger charge is 2.25. The second kappa shape index (κ2) is 4.72. The average Bonchev–Trinajstić information content (AvgIpc) is 2.86. The molecule has 4 nitrogen and oxygen atoms in total. The minimum Gasteiger partial charge on any atom is -0.410 e. The predicted molar refractivity (Wildman–Crippen MR) is 71.2 cm³/mol. The van der Waals surface area contributed by atoms with E-state index in [9.17, 15) is 9.59 Å². The summed E-state index contributed by atoms with van der Waals surface area (Å²) >= 11 is 0. The van der Waals surface area contributed by atoms with E-state index in [1.807, 2.05) is 36.4 Å². The molecule has 2 aromatic carbocycles. The van der Waals surface area contributed by atoms with Crippen molar-refractivity contribution in [3.8, 4) is 5.75 Å². The number of ether oxygens (including phenoxy) is 1. The van der Waals surface area contributed by atoms with E-state index in [0.717, 1.165) is 10.8 Å². The van der Waals surface area contributed by atoms with Crippen molar-refractivity contribution >= 4 is 22.6 Å². The lowest BCUT2D eigenvalue weighted by Crippen LogP contribution is -2.31. The average molecular weight is 255 g/mol. The molecule has 4 heteroatoms. The van der Waals surface area contributed by atoms with Crippen molar-refractivity contribution < 1.29 is 14.3 Å². The van der Waals surface area contributed by atoms with Crippen LogP contribution < -0.4 is 4.74 Å². The molecule has 0 spiro atoms. The second-order valence-electron chi connectivity index (χ2n) is 4.56. The summed E-state index contributed by atoms with van der Waals surface area (Å²) in [6, 6.07) is 13.3. The summed E-state index contributed by atoms with van der Waals surface area (Å²) in [5.41, 5.74) is 0. The number of nitrogens with zero attached hydrogens (tertiary/aromatic N) is 1. The van der Waals surface area contributed by atoms with Crippen molar-refractivity contribution in [2.45, 2.75) is 6.42 Å². The largest absolute Gasteiger partial charge is 0.415 e. The molecule has 0 saturated carbocycles. The first-order valence-corrected chi connectivity index (χ1v) is 6.20. The maximum Gasteiger partial charge on any atom is 0.415 e. The van der Waals surface area contributed by atoms with Crippen LogP contribution in [0.3, 0.4) is 0 Å². The van der Waals surface area contributed by atoms with E-state index < -0.39 is 6.09 Å². The van der Waals surface area contributed by atoms with E-state index in [2.05, 4.69) is 0 Å². The van der Waals surface area contributed by atoms with Gasteiger partial charge in [-0.15, -0.1) is 0 Å². The Balaban J connectivity index is 1.85. The molecule has 1 aliphatic heterocycles. The summed E-state index contributed by atoms with van der Waals surface area (Å²) in [7, 11) is 0. The number of hydrogen-bond donors (Lipinski definition) is 0. The van der Waals surface area contributed by atoms with Gasteiger partial charge in [0, 0.05) is 18.4 Å². The summed E-state index contributed by atoms with van der Waals surface area (Å²) in [6.45, 7) is 0.603. The predicted octanol–water partition coefficient (Wildman–Crippen LogP) is 2.61. The summed E-state index contributed by atoms with van der Waals surface area (Å²) in [5.74, 6) is 0.609. The molecule has 96 valence electrons. The minimum absolute atomic E-state index is 0.0786. The van der Waals surface area contributed by atoms with E-state index in [-0.39, 0.29) is 12.3 Å². The van der Waals surface area contributed by atoms with Crippen LogP contribution in [-0.4, -0.2) is 29.9 Å². The smallest absolute Gasteiger partial charge is 0.410 e. The van der Waals surface area contributed by atoms with Gasteiger partial charge in [-0.05, 0) is 11.5 Å². The lowest BCUT2D eigenvalue weighted by atomic mass is 10.1. The van der Waals surface area contributed by atoms with Crippen LogP contribution in [0.4, 0.5) is 4.79 Å². The monoisotopic (exact) mass is 255 g/mol. The number of amides is 1. The van der Waals surface area contributed by atoms with E-state index in [0.29, 0.717) is 18.7 Å². The number of likely N-dealkylation sites (tertiary alicyclic amines) is 1. The Morgan fingerprint density at radius 3 is 2.68 bits per heavy atom. The number of rotatable bonds is 1. The van der Waals surface area contributed by atoms with Crippen molar-refractivity contribution in [3.05, 3.63) is 42.5 Å². The van der Waals surface area contributed by atoms with Crippen LogP contribution in [0.1, 0.15) is 6.42 Å². The van der Waals surface area contributed by atoms with Gasteiger partial charge in [-0.25, -0.2) is 4.79 Å². The number of hydrogen-bond acceptors (Lipinski definition) is 3. The van der Waals surface area contributed by atoms with Crippen LogP contribution in [0.5, 0.6) is 5.75 Å². The molecule has 3 rings (SSSR count). The van der Waals surface area contributed by atoms with Gasteiger partial charge >= 0.3 is 6.09 Å². The quantitative estimate of drug-likeness (QED) is 0.787. The van der Waals surface area contributed by atoms with Crippen molar-refractivity contribution in [1.29, 1.82) is 0 Å². The van der Waals surface area contributed by atoms with E-state index in [4.69, 9.17) is 4.74 Å². The Labute approximate surface area is 110 Å². The van der Waals surface area contributed by atoms with E-state index in [1.54, 1.807) is 6.07 Å². The Morgan fingerprint density at radius 2 is 1.89 bits per heavy atom. The molecule has 2 aromatic rings. The summed E-state index contributed by atoms with van der Waals surface area (Å²) in [6.07, 6.45) is -0.0350. The van der Waals surface area contributed by atoms with Crippen molar-refractivity contribution in [2.75, 3.05) is 13.1 Å². The highest BCUT2D eigenvalue weighted by Crippen LogP contribution is 2.25. The van der Waals surface area contributed by atoms with Gasteiger partial charge in [0.2, 0.25) is 0 Å². The van der Waals surface area contributed by atoms with E-state index >= 15 is 0 Å². The maximum atomic E-state index is 12.0. The number of Topliss-reactive ketones (excluding diaryl/α,β-unsaturated/α-hetero) is 1. The van der Waals surface area contributed by atoms with Gasteiger partial charge in [-0.1, -0.05) is 36.4 Å². The fourth-order valence-corrected chi connectivity index (χ4v) is 2.23. The van der Waals surface area contributed by atoms with Gasteiger partial charge in [0.25, 0.3) is 0 Å². The summed E-state index contributed by atoms with van der Waals surface area (Å²) < 4.78 is 5.39. The molecular weight excluding hydrogens is 242 g/mol. The van der Waals surface area contributed by atoms with Gasteiger partial charge < -0.3 is 9.64 Å². The normalized spacial score (nSPS) is 14.9. The van der Waals surface area contributed by atoms with Crippen LogP contribution in [-0.2, 0) is 4.79 Å². The van der Waals surface area contributed by atoms with Crippen molar-refractivity contribution in [2.24, 2.45) is 0 Å². The second-order valence-corrected chi connectivity index (χ2v) is 4.56. The van der Waals surface area contributed by atoms with Crippen LogP contribution in [0.2, 0.25) is 0 Å². The zero-order chi connectivity index (χ0) is 13.2. The summed E-state index contributed by atoms with van der Waals surface area (Å²) in [4.78, 5) is 24.6. The van der Waals surface area contributed by atoms with Crippen molar-refractivity contribution in [1.82, 2.24) is 4.90 Å². The molecule has 0 unspecified atom stereocenters. The fraction of sp³-hybridized carbons (Fsp3) is 0.200. The minimum atomic E-state index is -0.456. The first-order chi connectivity index (χ1) is 9.24. The summed E-state index contributed by atoms with van der Waals surface area (Å²) in [5, 5.41) is 1.91. The molecule has 0 N–H and O–H groups in total. The lowest BCUT2D eigenvalue weighted by Gasteiger charge is -2.15. The molecule has 0 radical (unpaired) electrons. The molecule has 1 saturated heterocycles. The van der Waals surface area contributed by atoms with Gasteiger partial charge in [-0.2, -0.15) is 0 Å². The third-order valence-corrected chi connectivity index (χ3v) is 3.23. The topological polar surface area (TPSA) is 46.6 Å². The van der Waals surface area contributed by atoms with Crippen LogP contribution in [0.15, 0.2) is 42.5 Å². The molecule has 0 atom stereocenters. The highest BCUT2D eigenvalue weighted by molar-refractivity contribution is 5.91. The molecule has 19 heavy (non-hydrogen) atoms. The standard InChI is InChI=1S/C15H13NO3/c17-12-8-9-16(10-12)15(18)19-14-7-3-5-11-4-1-2-6-13(11)14/h1-7H,8-10H2. The first kappa shape index (κ1) is 11.7. The number of carbonyl (C=O) groups is 2. The fourth-order valence-electron chi connectivity index (χ4n) is 2.23. The van der Waals surface area contributed by atoms with Crippen LogP contribution in [0, 0.1) is 0 Å². The Hall–Kier alpha value is -2.36. The number of fused-ring (bicyclic) bond motifs is 1. The molecule has 1 aliphatic rings. The van der Waals surface area contributed by atoms with Crippen LogP contribution >= 0.6 is 0 Å². The molecule has 1 fully saturated rings.